The SMILES string of the molecule is CCCCCCCCCCCCCCCCCC(=O)OC[C@H](COP(=O)(O)OC[C@@H](O)COP(=O)(O)OC[C@@H](COC(=O)CCCCCCCCC)OC(=O)CCCCCCCCCCC(C)CC)OC(=O)CCCCCCCCCCCCCCCCC(C)CC. The Hall–Kier alpha value is -1.94. The zero-order chi connectivity index (χ0) is 67.9. The summed E-state index contributed by atoms with van der Waals surface area (Å²) in [6.07, 6.45) is 51.3. The van der Waals surface area contributed by atoms with Gasteiger partial charge in [0, 0.05) is 25.7 Å². The third kappa shape index (κ3) is 64.1. The Morgan fingerprint density at radius 2 is 0.522 bits per heavy atom. The molecule has 0 spiro atoms. The number of rotatable bonds is 72. The quantitative estimate of drug-likeness (QED) is 0.0222. The van der Waals surface area contributed by atoms with Crippen molar-refractivity contribution < 1.29 is 80.2 Å². The van der Waals surface area contributed by atoms with Gasteiger partial charge in [0.1, 0.15) is 19.3 Å². The van der Waals surface area contributed by atoms with Crippen molar-refractivity contribution in [2.75, 3.05) is 39.6 Å². The van der Waals surface area contributed by atoms with E-state index < -0.39 is 97.5 Å². The Morgan fingerprint density at radius 1 is 0.304 bits per heavy atom. The van der Waals surface area contributed by atoms with Crippen LogP contribution in [0.5, 0.6) is 0 Å². The molecule has 3 N–H and O–H groups in total. The molecule has 7 atom stereocenters. The van der Waals surface area contributed by atoms with Crippen molar-refractivity contribution in [1.82, 2.24) is 0 Å². The Kier molecular flexibility index (Phi) is 63.7. The molecule has 0 saturated carbocycles. The molecule has 0 aliphatic rings. The van der Waals surface area contributed by atoms with E-state index in [0.29, 0.717) is 25.7 Å². The van der Waals surface area contributed by atoms with Gasteiger partial charge in [0.25, 0.3) is 0 Å². The first-order valence-corrected chi connectivity index (χ1v) is 41.1. The molecular formula is C73H142O17P2. The van der Waals surface area contributed by atoms with Crippen molar-refractivity contribution in [3.05, 3.63) is 0 Å². The largest absolute Gasteiger partial charge is 0.472 e. The van der Waals surface area contributed by atoms with Gasteiger partial charge < -0.3 is 33.8 Å². The molecule has 0 amide bonds. The van der Waals surface area contributed by atoms with Crippen molar-refractivity contribution in [2.45, 2.75) is 394 Å². The summed E-state index contributed by atoms with van der Waals surface area (Å²) in [6.45, 7) is 9.58. The van der Waals surface area contributed by atoms with Crippen LogP contribution in [0, 0.1) is 11.8 Å². The number of carbonyl (C=O) groups excluding carboxylic acids is 4. The van der Waals surface area contributed by atoms with E-state index in [1.54, 1.807) is 0 Å². The monoisotopic (exact) mass is 1350 g/mol. The highest BCUT2D eigenvalue weighted by atomic mass is 31.2. The van der Waals surface area contributed by atoms with E-state index in [1.165, 1.54) is 180 Å². The van der Waals surface area contributed by atoms with Crippen LogP contribution in [0.3, 0.4) is 0 Å². The van der Waals surface area contributed by atoms with Gasteiger partial charge >= 0.3 is 39.5 Å². The lowest BCUT2D eigenvalue weighted by atomic mass is 9.99. The number of carbonyl (C=O) groups is 4. The predicted molar refractivity (Wildman–Crippen MR) is 372 cm³/mol. The zero-order valence-corrected chi connectivity index (χ0v) is 61.6. The molecule has 0 saturated heterocycles. The van der Waals surface area contributed by atoms with Gasteiger partial charge in [-0.15, -0.1) is 0 Å². The molecule has 0 fully saturated rings. The Morgan fingerprint density at radius 3 is 0.772 bits per heavy atom. The van der Waals surface area contributed by atoms with Gasteiger partial charge in [-0.3, -0.25) is 37.3 Å². The van der Waals surface area contributed by atoms with Crippen molar-refractivity contribution in [3.8, 4) is 0 Å². The summed E-state index contributed by atoms with van der Waals surface area (Å²) in [7, 11) is -9.90. The van der Waals surface area contributed by atoms with E-state index in [4.69, 9.17) is 37.0 Å². The average molecular weight is 1350 g/mol. The van der Waals surface area contributed by atoms with Crippen LogP contribution < -0.4 is 0 Å². The summed E-state index contributed by atoms with van der Waals surface area (Å²) < 4.78 is 68.3. The summed E-state index contributed by atoms with van der Waals surface area (Å²) in [4.78, 5) is 72.6. The van der Waals surface area contributed by atoms with Gasteiger partial charge in [0.2, 0.25) is 0 Å². The van der Waals surface area contributed by atoms with Crippen molar-refractivity contribution >= 4 is 39.5 Å². The number of unbranched alkanes of at least 4 members (excludes halogenated alkanes) is 40. The number of esters is 4. The molecule has 0 aromatic heterocycles. The summed E-state index contributed by atoms with van der Waals surface area (Å²) in [5, 5.41) is 10.6. The standard InChI is InChI=1S/C73H142O17P2/c1-7-11-13-15-17-18-19-20-21-25-28-31-38-44-50-56-71(76)84-62-69(89-72(77)57-51-45-39-32-29-26-23-22-24-27-30-36-41-47-53-65(5)9-3)64-88-92(81,82)86-60-67(74)59-85-91(79,80)87-63-68(61-83-70(75)55-49-43-35-16-14-12-8-2)90-73(78)58-52-46-40-34-33-37-42-48-54-66(6)10-4/h65-69,74H,7-64H2,1-6H3,(H,79,80)(H,81,82)/t65?,66?,67-,68+,69+/m0/s1. The van der Waals surface area contributed by atoms with E-state index >= 15 is 0 Å². The molecule has 0 aliphatic carbocycles. The van der Waals surface area contributed by atoms with Crippen LogP contribution in [-0.2, 0) is 65.4 Å². The summed E-state index contributed by atoms with van der Waals surface area (Å²) in [5.74, 6) is -0.509. The number of aliphatic hydroxyl groups is 1. The molecule has 92 heavy (non-hydrogen) atoms. The van der Waals surface area contributed by atoms with Crippen LogP contribution in [0.2, 0.25) is 0 Å². The molecule has 0 aromatic carbocycles. The van der Waals surface area contributed by atoms with Gasteiger partial charge in [-0.1, -0.05) is 324 Å². The van der Waals surface area contributed by atoms with Gasteiger partial charge in [-0.2, -0.15) is 0 Å². The molecule has 4 unspecified atom stereocenters. The number of phosphoric acid groups is 2. The molecule has 0 aliphatic heterocycles. The smallest absolute Gasteiger partial charge is 0.462 e. The molecular weight excluding hydrogens is 1210 g/mol. The summed E-state index contributed by atoms with van der Waals surface area (Å²) >= 11 is 0. The summed E-state index contributed by atoms with van der Waals surface area (Å²) in [5.41, 5.74) is 0. The minimum absolute atomic E-state index is 0.105. The van der Waals surface area contributed by atoms with Gasteiger partial charge in [-0.05, 0) is 37.5 Å². The van der Waals surface area contributed by atoms with Crippen molar-refractivity contribution in [1.29, 1.82) is 0 Å². The summed E-state index contributed by atoms with van der Waals surface area (Å²) in [6, 6.07) is 0. The van der Waals surface area contributed by atoms with E-state index in [1.807, 2.05) is 0 Å². The lowest BCUT2D eigenvalue weighted by molar-refractivity contribution is -0.161. The molecule has 19 heteroatoms. The van der Waals surface area contributed by atoms with E-state index in [9.17, 15) is 43.2 Å². The topological polar surface area (TPSA) is 237 Å². The number of phosphoric ester groups is 2. The van der Waals surface area contributed by atoms with Crippen LogP contribution in [0.4, 0.5) is 0 Å². The van der Waals surface area contributed by atoms with Crippen LogP contribution in [-0.4, -0.2) is 96.7 Å². The number of hydrogen-bond donors (Lipinski definition) is 3. The molecule has 0 bridgehead atoms. The fourth-order valence-electron chi connectivity index (χ4n) is 11.1. The molecule has 0 rings (SSSR count). The number of aliphatic hydroxyl groups excluding tert-OH is 1. The first-order chi connectivity index (χ1) is 44.4. The second-order valence-corrected chi connectivity index (χ2v) is 29.7. The van der Waals surface area contributed by atoms with Crippen LogP contribution in [0.15, 0.2) is 0 Å². The van der Waals surface area contributed by atoms with Crippen molar-refractivity contribution in [3.63, 3.8) is 0 Å². The molecule has 546 valence electrons. The predicted octanol–water partition coefficient (Wildman–Crippen LogP) is 21.2. The molecule has 17 nitrogen and oxygen atoms in total. The Balaban J connectivity index is 5.21. The highest BCUT2D eigenvalue weighted by molar-refractivity contribution is 7.47. The van der Waals surface area contributed by atoms with Crippen LogP contribution in [0.1, 0.15) is 375 Å². The average Bonchev–Trinajstić information content (AvgIpc) is 2.48. The first kappa shape index (κ1) is 90.1. The fraction of sp³-hybridized carbons (Fsp3) is 0.945. The van der Waals surface area contributed by atoms with E-state index in [2.05, 4.69) is 41.5 Å². The maximum absolute atomic E-state index is 13.1. The molecule has 0 aromatic rings. The lowest BCUT2D eigenvalue weighted by Crippen LogP contribution is -2.30. The lowest BCUT2D eigenvalue weighted by Gasteiger charge is -2.21. The highest BCUT2D eigenvalue weighted by Gasteiger charge is 2.30. The third-order valence-electron chi connectivity index (χ3n) is 17.7. The molecule has 0 heterocycles. The van der Waals surface area contributed by atoms with Crippen LogP contribution >= 0.6 is 15.6 Å². The van der Waals surface area contributed by atoms with Gasteiger partial charge in [0.15, 0.2) is 12.2 Å². The number of ether oxygens (including phenoxy) is 4. The second-order valence-electron chi connectivity index (χ2n) is 26.8. The maximum Gasteiger partial charge on any atom is 0.472 e. The van der Waals surface area contributed by atoms with Crippen molar-refractivity contribution in [2.24, 2.45) is 11.8 Å². The minimum Gasteiger partial charge on any atom is -0.462 e. The minimum atomic E-state index is -4.95. The number of hydrogen-bond acceptors (Lipinski definition) is 15. The third-order valence-corrected chi connectivity index (χ3v) is 19.6. The maximum atomic E-state index is 13.1. The van der Waals surface area contributed by atoms with Gasteiger partial charge in [0.05, 0.1) is 26.4 Å². The van der Waals surface area contributed by atoms with E-state index in [-0.39, 0.29) is 25.7 Å². The Bertz CT molecular complexity index is 1790. The fourth-order valence-corrected chi connectivity index (χ4v) is 12.6. The van der Waals surface area contributed by atoms with Crippen LogP contribution in [0.25, 0.3) is 0 Å². The Labute approximate surface area is 562 Å². The zero-order valence-electron chi connectivity index (χ0n) is 59.9. The first-order valence-electron chi connectivity index (χ1n) is 38.1. The molecule has 0 radical (unpaired) electrons. The highest BCUT2D eigenvalue weighted by Crippen LogP contribution is 2.45. The van der Waals surface area contributed by atoms with E-state index in [0.717, 1.165) is 115 Å². The normalized spacial score (nSPS) is 14.7. The second kappa shape index (κ2) is 65.0. The van der Waals surface area contributed by atoms with Gasteiger partial charge in [-0.25, -0.2) is 9.13 Å².